The van der Waals surface area contributed by atoms with Crippen molar-refractivity contribution in [3.05, 3.63) is 0 Å². The summed E-state index contributed by atoms with van der Waals surface area (Å²) in [5.41, 5.74) is 5.21. The molecule has 62 valence electrons. The first kappa shape index (κ1) is 12.4. The zero-order valence-corrected chi connectivity index (χ0v) is 6.30. The van der Waals surface area contributed by atoms with Crippen LogP contribution in [-0.4, -0.2) is 28.8 Å². The van der Waals surface area contributed by atoms with Gasteiger partial charge in [0, 0.05) is 12.5 Å². The second-order valence-corrected chi connectivity index (χ2v) is 1.88. The van der Waals surface area contributed by atoms with Crippen LogP contribution < -0.4 is 5.73 Å². The van der Waals surface area contributed by atoms with Crippen LogP contribution in [0.5, 0.6) is 0 Å². The molecule has 0 aliphatic carbocycles. The summed E-state index contributed by atoms with van der Waals surface area (Å²) in [4.78, 5) is 9.88. The van der Waals surface area contributed by atoms with E-state index in [0.717, 1.165) is 0 Å². The number of carboxylic acids is 1. The van der Waals surface area contributed by atoms with E-state index in [4.69, 9.17) is 15.9 Å². The Kier molecular flexibility index (Phi) is 8.40. The number of nitrogens with two attached hydrogens (primary N) is 1. The Morgan fingerprint density at radius 1 is 1.60 bits per heavy atom. The van der Waals surface area contributed by atoms with Crippen molar-refractivity contribution in [1.29, 1.82) is 0 Å². The number of aliphatic carboxylic acids is 1. The molecule has 0 spiro atoms. The summed E-state index contributed by atoms with van der Waals surface area (Å²) in [5.74, 6) is -0.876. The van der Waals surface area contributed by atoms with Gasteiger partial charge < -0.3 is 15.9 Å². The molecular weight excluding hydrogens is 158 g/mol. The summed E-state index contributed by atoms with van der Waals surface area (Å²) >= 11 is 0. The van der Waals surface area contributed by atoms with Gasteiger partial charge in [-0.15, -0.1) is 12.4 Å². The fourth-order valence-corrected chi connectivity index (χ4v) is 0.400. The molecule has 0 unspecified atom stereocenters. The quantitative estimate of drug-likeness (QED) is 0.535. The van der Waals surface area contributed by atoms with Crippen molar-refractivity contribution < 1.29 is 15.0 Å². The van der Waals surface area contributed by atoms with Crippen LogP contribution in [0.2, 0.25) is 0 Å². The van der Waals surface area contributed by atoms with E-state index in [0.29, 0.717) is 6.42 Å². The van der Waals surface area contributed by atoms with Crippen LogP contribution in [-0.2, 0) is 4.79 Å². The third kappa shape index (κ3) is 7.68. The molecule has 0 aromatic rings. The SMILES string of the molecule is Cl.N[C@H](CO)CCC(=O)O. The standard InChI is InChI=1S/C5H11NO3.ClH/c6-4(3-7)1-2-5(8)9;/h4,7H,1-3,6H2,(H,8,9);1H/t4-;/m0./s1. The Balaban J connectivity index is 0. The van der Waals surface area contributed by atoms with Crippen molar-refractivity contribution in [1.82, 2.24) is 0 Å². The Morgan fingerprint density at radius 3 is 2.40 bits per heavy atom. The third-order valence-corrected chi connectivity index (χ3v) is 0.964. The summed E-state index contributed by atoms with van der Waals surface area (Å²) in [7, 11) is 0. The first-order valence-corrected chi connectivity index (χ1v) is 2.75. The minimum Gasteiger partial charge on any atom is -0.481 e. The summed E-state index contributed by atoms with van der Waals surface area (Å²) < 4.78 is 0. The maximum absolute atomic E-state index is 9.88. The summed E-state index contributed by atoms with van der Waals surface area (Å²) in [6.07, 6.45) is 0.369. The first-order valence-electron chi connectivity index (χ1n) is 2.75. The smallest absolute Gasteiger partial charge is 0.303 e. The Morgan fingerprint density at radius 2 is 2.10 bits per heavy atom. The fourth-order valence-electron chi connectivity index (χ4n) is 0.400. The van der Waals surface area contributed by atoms with Crippen LogP contribution in [0.15, 0.2) is 0 Å². The van der Waals surface area contributed by atoms with Gasteiger partial charge in [-0.2, -0.15) is 0 Å². The largest absolute Gasteiger partial charge is 0.481 e. The number of aliphatic hydroxyl groups is 1. The number of halogens is 1. The molecule has 5 heteroatoms. The van der Waals surface area contributed by atoms with Crippen molar-refractivity contribution in [2.24, 2.45) is 5.73 Å². The lowest BCUT2D eigenvalue weighted by Gasteiger charge is -2.03. The molecule has 0 amide bonds. The predicted octanol–water partition coefficient (Wildman–Crippen LogP) is -0.407. The van der Waals surface area contributed by atoms with Gasteiger partial charge >= 0.3 is 5.97 Å². The van der Waals surface area contributed by atoms with E-state index in [2.05, 4.69) is 0 Å². The van der Waals surface area contributed by atoms with E-state index < -0.39 is 5.97 Å². The molecule has 0 saturated heterocycles. The van der Waals surface area contributed by atoms with Gasteiger partial charge in [-0.3, -0.25) is 4.79 Å². The predicted molar refractivity (Wildman–Crippen MR) is 39.2 cm³/mol. The molecule has 0 heterocycles. The zero-order valence-electron chi connectivity index (χ0n) is 5.49. The van der Waals surface area contributed by atoms with Gasteiger partial charge in [0.1, 0.15) is 0 Å². The highest BCUT2D eigenvalue weighted by atomic mass is 35.5. The Hall–Kier alpha value is -0.320. The highest BCUT2D eigenvalue weighted by Crippen LogP contribution is 1.91. The lowest BCUT2D eigenvalue weighted by atomic mass is 10.2. The van der Waals surface area contributed by atoms with Crippen LogP contribution in [0.25, 0.3) is 0 Å². The highest BCUT2D eigenvalue weighted by molar-refractivity contribution is 5.85. The molecule has 0 aromatic heterocycles. The molecule has 1 atom stereocenters. The van der Waals surface area contributed by atoms with Crippen molar-refractivity contribution in [3.63, 3.8) is 0 Å². The minimum absolute atomic E-state index is 0. The van der Waals surface area contributed by atoms with Crippen LogP contribution in [0, 0.1) is 0 Å². The van der Waals surface area contributed by atoms with Gasteiger partial charge in [-0.1, -0.05) is 0 Å². The number of aliphatic hydroxyl groups excluding tert-OH is 1. The van der Waals surface area contributed by atoms with E-state index in [1.165, 1.54) is 0 Å². The molecule has 0 saturated carbocycles. The molecule has 0 aromatic carbocycles. The van der Waals surface area contributed by atoms with E-state index in [1.807, 2.05) is 0 Å². The van der Waals surface area contributed by atoms with Crippen molar-refractivity contribution in [3.8, 4) is 0 Å². The normalized spacial score (nSPS) is 11.8. The first-order chi connectivity index (χ1) is 4.16. The van der Waals surface area contributed by atoms with Crippen molar-refractivity contribution in [2.75, 3.05) is 6.61 Å². The van der Waals surface area contributed by atoms with E-state index in [9.17, 15) is 4.79 Å². The van der Waals surface area contributed by atoms with Gasteiger partial charge in [0.2, 0.25) is 0 Å². The number of carboxylic acid groups (broad SMARTS) is 1. The zero-order chi connectivity index (χ0) is 7.28. The molecule has 10 heavy (non-hydrogen) atoms. The summed E-state index contributed by atoms with van der Waals surface area (Å²) in [6, 6.07) is -0.388. The maximum atomic E-state index is 9.88. The monoisotopic (exact) mass is 169 g/mol. The Labute approximate surface area is 65.4 Å². The molecule has 0 aliphatic heterocycles. The molecule has 0 fully saturated rings. The topological polar surface area (TPSA) is 83.5 Å². The minimum atomic E-state index is -0.876. The second kappa shape index (κ2) is 6.80. The number of carbonyl (C=O) groups is 1. The average Bonchev–Trinajstić information content (AvgIpc) is 1.83. The Bertz CT molecular complexity index is 98.9. The number of hydrogen-bond acceptors (Lipinski definition) is 3. The van der Waals surface area contributed by atoms with Crippen LogP contribution in [0.1, 0.15) is 12.8 Å². The molecular formula is C5H12ClNO3. The molecule has 0 aliphatic rings. The van der Waals surface area contributed by atoms with Gasteiger partial charge in [0.05, 0.1) is 6.61 Å². The van der Waals surface area contributed by atoms with E-state index >= 15 is 0 Å². The van der Waals surface area contributed by atoms with Gasteiger partial charge in [-0.05, 0) is 6.42 Å². The van der Waals surface area contributed by atoms with Crippen LogP contribution in [0.4, 0.5) is 0 Å². The van der Waals surface area contributed by atoms with Gasteiger partial charge in [0.25, 0.3) is 0 Å². The second-order valence-electron chi connectivity index (χ2n) is 1.88. The molecule has 0 radical (unpaired) electrons. The van der Waals surface area contributed by atoms with Crippen molar-refractivity contribution >= 4 is 18.4 Å². The number of rotatable bonds is 4. The van der Waals surface area contributed by atoms with Crippen LogP contribution >= 0.6 is 12.4 Å². The summed E-state index contributed by atoms with van der Waals surface area (Å²) in [6.45, 7) is -0.146. The number of hydrogen-bond donors (Lipinski definition) is 3. The van der Waals surface area contributed by atoms with E-state index in [-0.39, 0.29) is 31.5 Å². The molecule has 4 N–H and O–H groups in total. The average molecular weight is 170 g/mol. The molecule has 0 rings (SSSR count). The fraction of sp³-hybridized carbons (Fsp3) is 0.800. The van der Waals surface area contributed by atoms with Crippen molar-refractivity contribution in [2.45, 2.75) is 18.9 Å². The van der Waals surface area contributed by atoms with Gasteiger partial charge in [-0.25, -0.2) is 0 Å². The van der Waals surface area contributed by atoms with E-state index in [1.54, 1.807) is 0 Å². The lowest BCUT2D eigenvalue weighted by Crippen LogP contribution is -2.24. The molecule has 4 nitrogen and oxygen atoms in total. The van der Waals surface area contributed by atoms with Crippen LogP contribution in [0.3, 0.4) is 0 Å². The third-order valence-electron chi connectivity index (χ3n) is 0.964. The highest BCUT2D eigenvalue weighted by Gasteiger charge is 2.02. The van der Waals surface area contributed by atoms with Gasteiger partial charge in [0.15, 0.2) is 0 Å². The maximum Gasteiger partial charge on any atom is 0.303 e. The molecule has 0 bridgehead atoms. The summed E-state index contributed by atoms with van der Waals surface area (Å²) in [5, 5.41) is 16.5. The lowest BCUT2D eigenvalue weighted by molar-refractivity contribution is -0.137.